The molecule has 0 atom stereocenters. The van der Waals surface area contributed by atoms with E-state index in [-0.39, 0.29) is 17.2 Å². The number of aromatic nitrogens is 4. The Labute approximate surface area is 203 Å². The largest absolute Gasteiger partial charge is 0.435 e. The Morgan fingerprint density at radius 3 is 2.39 bits per heavy atom. The van der Waals surface area contributed by atoms with Crippen LogP contribution in [-0.4, -0.2) is 39.0 Å². The van der Waals surface area contributed by atoms with Gasteiger partial charge in [0.05, 0.1) is 17.5 Å². The van der Waals surface area contributed by atoms with Crippen LogP contribution in [0.4, 0.5) is 18.9 Å². The van der Waals surface area contributed by atoms with Crippen molar-refractivity contribution in [2.45, 2.75) is 13.1 Å². The molecule has 2 amide bonds. The summed E-state index contributed by atoms with van der Waals surface area (Å²) >= 11 is 0. The maximum Gasteiger partial charge on any atom is 0.435 e. The smallest absolute Gasteiger partial charge is 0.354 e. The van der Waals surface area contributed by atoms with Crippen LogP contribution in [0.2, 0.25) is 0 Å². The summed E-state index contributed by atoms with van der Waals surface area (Å²) in [7, 11) is 1.52. The lowest BCUT2D eigenvalue weighted by atomic mass is 9.98. The van der Waals surface area contributed by atoms with Gasteiger partial charge in [-0.2, -0.15) is 18.3 Å². The van der Waals surface area contributed by atoms with Crippen LogP contribution in [0, 0.1) is 6.92 Å². The molecule has 0 radical (unpaired) electrons. The molecule has 4 aromatic rings. The molecule has 0 bridgehead atoms. The van der Waals surface area contributed by atoms with E-state index in [4.69, 9.17) is 0 Å². The zero-order chi connectivity index (χ0) is 25.9. The summed E-state index contributed by atoms with van der Waals surface area (Å²) in [6.07, 6.45) is -0.601. The number of nitrogens with one attached hydrogen (secondary N) is 2. The first-order valence-corrected chi connectivity index (χ1v) is 10.6. The fourth-order valence-electron chi connectivity index (χ4n) is 3.44. The van der Waals surface area contributed by atoms with Gasteiger partial charge in [0.25, 0.3) is 11.8 Å². The Morgan fingerprint density at radius 2 is 1.64 bits per heavy atom. The lowest BCUT2D eigenvalue weighted by molar-refractivity contribution is -0.141. The third-order valence-corrected chi connectivity index (χ3v) is 5.29. The van der Waals surface area contributed by atoms with Crippen molar-refractivity contribution in [1.82, 2.24) is 25.5 Å². The first-order chi connectivity index (χ1) is 17.2. The molecule has 3 heterocycles. The number of alkyl halides is 3. The molecule has 0 spiro atoms. The van der Waals surface area contributed by atoms with Crippen LogP contribution in [0.3, 0.4) is 0 Å². The number of hydrogen-bond acceptors (Lipinski definition) is 6. The standard InChI is InChI=1S/C25H19F3N6O2/c1-14-3-4-18(33-23(35)17-11-22(25(26,27)28)34-32-13-17)12-19(14)15-5-7-30-20(9-15)16-6-8-31-21(10-16)24(36)29-2/h3-13H,1-2H3,(H,29,36)(H,33,35). The highest BCUT2D eigenvalue weighted by molar-refractivity contribution is 6.04. The van der Waals surface area contributed by atoms with Crippen molar-refractivity contribution in [2.24, 2.45) is 0 Å². The van der Waals surface area contributed by atoms with Crippen molar-refractivity contribution in [3.05, 3.63) is 89.6 Å². The number of carbonyl (C=O) groups excluding carboxylic acids is 2. The highest BCUT2D eigenvalue weighted by Gasteiger charge is 2.33. The zero-order valence-corrected chi connectivity index (χ0v) is 19.1. The van der Waals surface area contributed by atoms with Gasteiger partial charge in [-0.1, -0.05) is 6.07 Å². The molecule has 0 aliphatic carbocycles. The zero-order valence-electron chi connectivity index (χ0n) is 19.1. The van der Waals surface area contributed by atoms with Gasteiger partial charge in [0.15, 0.2) is 5.69 Å². The van der Waals surface area contributed by atoms with Gasteiger partial charge < -0.3 is 10.6 Å². The maximum absolute atomic E-state index is 12.9. The number of carbonyl (C=O) groups is 2. The Bertz CT molecular complexity index is 1460. The van der Waals surface area contributed by atoms with Crippen LogP contribution in [-0.2, 0) is 6.18 Å². The van der Waals surface area contributed by atoms with Gasteiger partial charge in [0.2, 0.25) is 0 Å². The van der Waals surface area contributed by atoms with E-state index >= 15 is 0 Å². The Balaban J connectivity index is 1.63. The van der Waals surface area contributed by atoms with Gasteiger partial charge in [-0.05, 0) is 66.1 Å². The molecular weight excluding hydrogens is 473 g/mol. The van der Waals surface area contributed by atoms with Crippen molar-refractivity contribution in [1.29, 1.82) is 0 Å². The minimum atomic E-state index is -4.71. The van der Waals surface area contributed by atoms with Crippen LogP contribution >= 0.6 is 0 Å². The second-order valence-electron chi connectivity index (χ2n) is 7.75. The molecule has 0 saturated carbocycles. The molecule has 0 aliphatic heterocycles. The van der Waals surface area contributed by atoms with E-state index in [1.165, 1.54) is 13.2 Å². The van der Waals surface area contributed by atoms with Crippen LogP contribution < -0.4 is 10.6 Å². The van der Waals surface area contributed by atoms with Gasteiger partial charge in [0, 0.05) is 30.7 Å². The van der Waals surface area contributed by atoms with E-state index in [1.54, 1.807) is 42.6 Å². The van der Waals surface area contributed by atoms with Crippen LogP contribution in [0.1, 0.15) is 32.1 Å². The number of rotatable bonds is 5. The monoisotopic (exact) mass is 492 g/mol. The van der Waals surface area contributed by atoms with E-state index in [2.05, 4.69) is 30.8 Å². The van der Waals surface area contributed by atoms with E-state index in [9.17, 15) is 22.8 Å². The molecule has 11 heteroatoms. The van der Waals surface area contributed by atoms with Crippen LogP contribution in [0.25, 0.3) is 22.4 Å². The predicted octanol–water partition coefficient (Wildman–Crippen LogP) is 4.54. The SMILES string of the molecule is CNC(=O)c1cc(-c2cc(-c3cc(NC(=O)c4cnnc(C(F)(F)F)c4)ccc3C)ccn2)ccn1. The molecule has 1 aromatic carbocycles. The molecule has 3 aromatic heterocycles. The van der Waals surface area contributed by atoms with Crippen molar-refractivity contribution >= 4 is 17.5 Å². The lowest BCUT2D eigenvalue weighted by Crippen LogP contribution is -2.19. The van der Waals surface area contributed by atoms with Gasteiger partial charge in [-0.25, -0.2) is 0 Å². The third kappa shape index (κ3) is 5.35. The molecule has 182 valence electrons. The van der Waals surface area contributed by atoms with E-state index in [0.29, 0.717) is 23.0 Å². The first kappa shape index (κ1) is 24.5. The third-order valence-electron chi connectivity index (χ3n) is 5.29. The number of hydrogen-bond donors (Lipinski definition) is 2. The maximum atomic E-state index is 12.9. The molecular formula is C25H19F3N6O2. The van der Waals surface area contributed by atoms with E-state index in [1.807, 2.05) is 13.0 Å². The summed E-state index contributed by atoms with van der Waals surface area (Å²) in [5.74, 6) is -1.07. The molecule has 0 unspecified atom stereocenters. The number of halogens is 3. The fraction of sp³-hybridized carbons (Fsp3) is 0.120. The van der Waals surface area contributed by atoms with Crippen molar-refractivity contribution < 1.29 is 22.8 Å². The molecule has 0 aliphatic rings. The number of benzene rings is 1. The fourth-order valence-corrected chi connectivity index (χ4v) is 3.44. The van der Waals surface area contributed by atoms with Crippen LogP contribution in [0.15, 0.2) is 67.1 Å². The average molecular weight is 492 g/mol. The number of anilines is 1. The normalized spacial score (nSPS) is 11.1. The summed E-state index contributed by atoms with van der Waals surface area (Å²) in [5, 5.41) is 11.5. The molecule has 8 nitrogen and oxygen atoms in total. The Morgan fingerprint density at radius 1 is 0.889 bits per heavy atom. The van der Waals surface area contributed by atoms with Gasteiger partial charge >= 0.3 is 6.18 Å². The van der Waals surface area contributed by atoms with E-state index in [0.717, 1.165) is 22.9 Å². The molecule has 0 fully saturated rings. The van der Waals surface area contributed by atoms with Gasteiger partial charge in [-0.15, -0.1) is 5.10 Å². The number of nitrogens with zero attached hydrogens (tertiary/aromatic N) is 4. The summed E-state index contributed by atoms with van der Waals surface area (Å²) in [6.45, 7) is 1.89. The Kier molecular flexibility index (Phi) is 6.73. The second kappa shape index (κ2) is 9.90. The number of pyridine rings is 2. The lowest BCUT2D eigenvalue weighted by Gasteiger charge is -2.12. The summed E-state index contributed by atoms with van der Waals surface area (Å²) < 4.78 is 38.7. The minimum absolute atomic E-state index is 0.252. The van der Waals surface area contributed by atoms with E-state index < -0.39 is 17.8 Å². The van der Waals surface area contributed by atoms with Crippen LogP contribution in [0.5, 0.6) is 0 Å². The molecule has 0 saturated heterocycles. The molecule has 36 heavy (non-hydrogen) atoms. The highest BCUT2D eigenvalue weighted by Crippen LogP contribution is 2.30. The van der Waals surface area contributed by atoms with Crippen molar-refractivity contribution in [3.63, 3.8) is 0 Å². The first-order valence-electron chi connectivity index (χ1n) is 10.6. The second-order valence-corrected chi connectivity index (χ2v) is 7.75. The summed E-state index contributed by atoms with van der Waals surface area (Å²) in [5.41, 5.74) is 2.88. The van der Waals surface area contributed by atoms with Crippen molar-refractivity contribution in [2.75, 3.05) is 12.4 Å². The highest BCUT2D eigenvalue weighted by atomic mass is 19.4. The minimum Gasteiger partial charge on any atom is -0.354 e. The van der Waals surface area contributed by atoms with Gasteiger partial charge in [0.1, 0.15) is 5.69 Å². The summed E-state index contributed by atoms with van der Waals surface area (Å²) in [4.78, 5) is 33.0. The molecule has 2 N–H and O–H groups in total. The quantitative estimate of drug-likeness (QED) is 0.423. The topological polar surface area (TPSA) is 110 Å². The number of amides is 2. The summed E-state index contributed by atoms with van der Waals surface area (Å²) in [6, 6.07) is 12.8. The van der Waals surface area contributed by atoms with Gasteiger partial charge in [-0.3, -0.25) is 19.6 Å². The molecule has 4 rings (SSSR count). The average Bonchev–Trinajstić information content (AvgIpc) is 2.89. The predicted molar refractivity (Wildman–Crippen MR) is 126 cm³/mol. The number of aryl methyl sites for hydroxylation is 1. The van der Waals surface area contributed by atoms with Crippen molar-refractivity contribution in [3.8, 4) is 22.4 Å². The Hall–Kier alpha value is -4.67.